The van der Waals surface area contributed by atoms with Crippen molar-refractivity contribution in [3.63, 3.8) is 0 Å². The fourth-order valence-electron chi connectivity index (χ4n) is 4.18. The summed E-state index contributed by atoms with van der Waals surface area (Å²) in [5.41, 5.74) is 4.30. The maximum atomic E-state index is 11.9. The third-order valence-corrected chi connectivity index (χ3v) is 5.80. The van der Waals surface area contributed by atoms with Gasteiger partial charge in [-0.1, -0.05) is 30.3 Å². The highest BCUT2D eigenvalue weighted by Gasteiger charge is 2.13. The van der Waals surface area contributed by atoms with Crippen LogP contribution in [0.5, 0.6) is 0 Å². The summed E-state index contributed by atoms with van der Waals surface area (Å²) in [6.07, 6.45) is 5.03. The summed E-state index contributed by atoms with van der Waals surface area (Å²) in [5, 5.41) is 8.25. The van der Waals surface area contributed by atoms with Gasteiger partial charge in [-0.25, -0.2) is 9.78 Å². The number of aromatic nitrogens is 1. The lowest BCUT2D eigenvalue weighted by atomic mass is 9.95. The molecule has 0 aliphatic carbocycles. The summed E-state index contributed by atoms with van der Waals surface area (Å²) < 4.78 is 4.86. The summed E-state index contributed by atoms with van der Waals surface area (Å²) in [6.45, 7) is 3.25. The van der Waals surface area contributed by atoms with Crippen LogP contribution in [-0.2, 0) is 4.74 Å². The number of hydrogen-bond acceptors (Lipinski definition) is 5. The number of carbonyl (C=O) groups excluding carboxylic acids is 1. The highest BCUT2D eigenvalue weighted by atomic mass is 16.5. The van der Waals surface area contributed by atoms with Gasteiger partial charge in [0.25, 0.3) is 0 Å². The first-order valence-electron chi connectivity index (χ1n) is 10.8. The molecule has 2 N–H and O–H groups in total. The number of benzene rings is 2. The van der Waals surface area contributed by atoms with Crippen LogP contribution in [0.15, 0.2) is 54.6 Å². The van der Waals surface area contributed by atoms with Crippen LogP contribution in [0.2, 0.25) is 0 Å². The van der Waals surface area contributed by atoms with Crippen LogP contribution in [0.3, 0.4) is 0 Å². The first-order valence-corrected chi connectivity index (χ1v) is 10.8. The number of ether oxygens (including phenoxy) is 1. The van der Waals surface area contributed by atoms with Gasteiger partial charge >= 0.3 is 5.97 Å². The van der Waals surface area contributed by atoms with E-state index < -0.39 is 0 Å². The zero-order chi connectivity index (χ0) is 20.8. The summed E-state index contributed by atoms with van der Waals surface area (Å²) in [5.74, 6) is 0.458. The topological polar surface area (TPSA) is 63.2 Å². The molecule has 0 bridgehead atoms. The van der Waals surface area contributed by atoms with Crippen LogP contribution in [-0.4, -0.2) is 37.7 Å². The van der Waals surface area contributed by atoms with E-state index in [1.165, 1.54) is 26.4 Å². The smallest absolute Gasteiger partial charge is 0.337 e. The number of methoxy groups -OCH3 is 1. The van der Waals surface area contributed by atoms with Gasteiger partial charge in [-0.05, 0) is 69.0 Å². The molecule has 30 heavy (non-hydrogen) atoms. The Morgan fingerprint density at radius 2 is 2.10 bits per heavy atom. The molecular weight excluding hydrogens is 374 g/mol. The molecule has 3 aromatic rings. The lowest BCUT2D eigenvalue weighted by Gasteiger charge is -2.22. The number of nitrogens with one attached hydrogen (secondary N) is 2. The fourth-order valence-corrected chi connectivity index (χ4v) is 4.18. The van der Waals surface area contributed by atoms with Crippen molar-refractivity contribution in [3.05, 3.63) is 60.2 Å². The monoisotopic (exact) mass is 403 g/mol. The number of anilines is 1. The summed E-state index contributed by atoms with van der Waals surface area (Å²) >= 11 is 0. The molecule has 2 heterocycles. The van der Waals surface area contributed by atoms with E-state index in [0.29, 0.717) is 5.56 Å². The minimum atomic E-state index is -0.340. The van der Waals surface area contributed by atoms with Crippen LogP contribution < -0.4 is 10.6 Å². The molecule has 5 nitrogen and oxygen atoms in total. The Balaban J connectivity index is 1.54. The lowest BCUT2D eigenvalue weighted by molar-refractivity contribution is 0.0601. The van der Waals surface area contributed by atoms with Gasteiger partial charge in [0.1, 0.15) is 0 Å². The molecule has 1 fully saturated rings. The number of rotatable bonds is 7. The molecule has 0 amide bonds. The molecule has 1 unspecified atom stereocenters. The Labute approximate surface area is 177 Å². The van der Waals surface area contributed by atoms with Crippen LogP contribution >= 0.6 is 0 Å². The Hall–Kier alpha value is -2.92. The molecule has 4 rings (SSSR count). The van der Waals surface area contributed by atoms with Crippen molar-refractivity contribution >= 4 is 22.6 Å². The second-order valence-electron chi connectivity index (χ2n) is 7.93. The highest BCUT2D eigenvalue weighted by molar-refractivity contribution is 5.95. The Morgan fingerprint density at radius 1 is 1.20 bits per heavy atom. The normalized spacial score (nSPS) is 16.4. The largest absolute Gasteiger partial charge is 0.465 e. The van der Waals surface area contributed by atoms with Crippen molar-refractivity contribution in [3.8, 4) is 11.3 Å². The van der Waals surface area contributed by atoms with Crippen LogP contribution in [0.1, 0.15) is 36.0 Å². The first kappa shape index (κ1) is 20.4. The van der Waals surface area contributed by atoms with E-state index in [1.54, 1.807) is 6.07 Å². The van der Waals surface area contributed by atoms with E-state index in [2.05, 4.69) is 22.8 Å². The van der Waals surface area contributed by atoms with Crippen molar-refractivity contribution in [1.82, 2.24) is 10.3 Å². The zero-order valence-electron chi connectivity index (χ0n) is 17.5. The minimum Gasteiger partial charge on any atom is -0.465 e. The van der Waals surface area contributed by atoms with Crippen LogP contribution in [0, 0.1) is 5.92 Å². The second-order valence-corrected chi connectivity index (χ2v) is 7.93. The Kier molecular flexibility index (Phi) is 6.60. The molecule has 1 aromatic heterocycles. The number of carbonyl (C=O) groups is 1. The van der Waals surface area contributed by atoms with Crippen molar-refractivity contribution in [2.24, 2.45) is 5.92 Å². The maximum Gasteiger partial charge on any atom is 0.337 e. The van der Waals surface area contributed by atoms with Crippen molar-refractivity contribution < 1.29 is 9.53 Å². The number of esters is 1. The number of fused-ring (bicyclic) bond motifs is 1. The Morgan fingerprint density at radius 3 is 2.93 bits per heavy atom. The highest BCUT2D eigenvalue weighted by Crippen LogP contribution is 2.29. The average molecular weight is 404 g/mol. The fraction of sp³-hybridized carbons (Fsp3) is 0.360. The number of hydrogen-bond donors (Lipinski definition) is 2. The number of piperidine rings is 1. The Bertz CT molecular complexity index is 1010. The van der Waals surface area contributed by atoms with Crippen LogP contribution in [0.4, 0.5) is 5.69 Å². The van der Waals surface area contributed by atoms with Gasteiger partial charge in [-0.15, -0.1) is 0 Å². The van der Waals surface area contributed by atoms with Crippen LogP contribution in [0.25, 0.3) is 22.2 Å². The number of pyridine rings is 1. The van der Waals surface area contributed by atoms with E-state index in [9.17, 15) is 4.79 Å². The molecule has 5 heteroatoms. The third-order valence-electron chi connectivity index (χ3n) is 5.80. The number of nitrogens with zero attached hydrogens (tertiary/aromatic N) is 1. The standard InChI is InChI=1S/C25H29N3O2/c1-30-25(29)20-10-4-9-19(15-20)23-16-24(21-11-2-3-12-22(21)28-23)27-14-6-8-18-7-5-13-26-17-18/h2-4,9-12,15-16,18,26H,5-8,13-14,17H2,1H3,(H,27,28). The van der Waals surface area contributed by atoms with E-state index in [-0.39, 0.29) is 5.97 Å². The zero-order valence-corrected chi connectivity index (χ0v) is 17.5. The first-order chi connectivity index (χ1) is 14.7. The molecule has 0 spiro atoms. The van der Waals surface area contributed by atoms with Gasteiger partial charge in [0, 0.05) is 23.2 Å². The molecule has 156 valence electrons. The van der Waals surface area contributed by atoms with E-state index in [4.69, 9.17) is 9.72 Å². The molecule has 0 saturated carbocycles. The van der Waals surface area contributed by atoms with E-state index in [0.717, 1.165) is 59.8 Å². The van der Waals surface area contributed by atoms with Crippen molar-refractivity contribution in [2.75, 3.05) is 32.1 Å². The molecule has 1 aliphatic heterocycles. The lowest BCUT2D eigenvalue weighted by Crippen LogP contribution is -2.29. The summed E-state index contributed by atoms with van der Waals surface area (Å²) in [4.78, 5) is 16.8. The van der Waals surface area contributed by atoms with Gasteiger partial charge in [-0.2, -0.15) is 0 Å². The molecule has 1 atom stereocenters. The van der Waals surface area contributed by atoms with Crippen molar-refractivity contribution in [1.29, 1.82) is 0 Å². The van der Waals surface area contributed by atoms with Gasteiger partial charge in [0.15, 0.2) is 0 Å². The van der Waals surface area contributed by atoms with E-state index in [1.807, 2.05) is 36.4 Å². The molecule has 1 aliphatic rings. The quantitative estimate of drug-likeness (QED) is 0.435. The second kappa shape index (κ2) is 9.72. The molecular formula is C25H29N3O2. The van der Waals surface area contributed by atoms with Gasteiger partial charge in [0.2, 0.25) is 0 Å². The predicted octanol–water partition coefficient (Wildman–Crippen LogP) is 4.88. The molecule has 2 aromatic carbocycles. The molecule has 0 radical (unpaired) electrons. The maximum absolute atomic E-state index is 11.9. The van der Waals surface area contributed by atoms with E-state index >= 15 is 0 Å². The molecule has 1 saturated heterocycles. The summed E-state index contributed by atoms with van der Waals surface area (Å²) in [6, 6.07) is 17.7. The van der Waals surface area contributed by atoms with Gasteiger partial charge < -0.3 is 15.4 Å². The summed E-state index contributed by atoms with van der Waals surface area (Å²) in [7, 11) is 1.40. The average Bonchev–Trinajstić information content (AvgIpc) is 2.81. The predicted molar refractivity (Wildman–Crippen MR) is 122 cm³/mol. The minimum absolute atomic E-state index is 0.340. The third kappa shape index (κ3) is 4.79. The van der Waals surface area contributed by atoms with Crippen molar-refractivity contribution in [2.45, 2.75) is 25.7 Å². The SMILES string of the molecule is COC(=O)c1cccc(-c2cc(NCCCC3CCCNC3)c3ccccc3n2)c1. The van der Waals surface area contributed by atoms with Gasteiger partial charge in [0.05, 0.1) is 23.9 Å². The van der Waals surface area contributed by atoms with Gasteiger partial charge in [-0.3, -0.25) is 0 Å². The number of para-hydroxylation sites is 1.